The average Bonchev–Trinajstić information content (AvgIpc) is 3.64. The lowest BCUT2D eigenvalue weighted by Gasteiger charge is -2.10. The van der Waals surface area contributed by atoms with Crippen molar-refractivity contribution >= 4 is 5.78 Å². The quantitative estimate of drug-likeness (QED) is 0.325. The van der Waals surface area contributed by atoms with Crippen LogP contribution in [0.4, 0.5) is 0 Å². The number of carbonyl (C=O) groups excluding carboxylic acids is 1. The summed E-state index contributed by atoms with van der Waals surface area (Å²) in [6, 6.07) is 11.5. The van der Waals surface area contributed by atoms with Gasteiger partial charge < -0.3 is 18.6 Å². The van der Waals surface area contributed by atoms with Crippen LogP contribution in [0.5, 0.6) is 0 Å². The van der Waals surface area contributed by atoms with E-state index >= 15 is 0 Å². The number of hydrogen-bond donors (Lipinski definition) is 0. The van der Waals surface area contributed by atoms with Crippen molar-refractivity contribution in [1.82, 2.24) is 19.1 Å². The minimum Gasteiger partial charge on any atom is -0.380 e. The third-order valence-electron chi connectivity index (χ3n) is 6.60. The van der Waals surface area contributed by atoms with E-state index < -0.39 is 0 Å². The van der Waals surface area contributed by atoms with E-state index in [1.165, 1.54) is 0 Å². The zero-order valence-electron chi connectivity index (χ0n) is 21.9. The van der Waals surface area contributed by atoms with E-state index in [1.54, 1.807) is 26.6 Å². The van der Waals surface area contributed by atoms with Crippen molar-refractivity contribution in [1.29, 1.82) is 0 Å². The first-order chi connectivity index (χ1) is 18.5. The SMILES string of the molecule is CO[C@H](C)Cn1ccnc1C#Cc1ccc2c(c1)C(=O)c1cc(C#Cc3nccn3C[C@@H](C)OC)ccc1-2. The molecule has 0 amide bonds. The molecule has 2 aromatic carbocycles. The maximum atomic E-state index is 13.3. The summed E-state index contributed by atoms with van der Waals surface area (Å²) in [5, 5.41) is 0. The van der Waals surface area contributed by atoms with Gasteiger partial charge in [0.05, 0.1) is 25.3 Å². The maximum absolute atomic E-state index is 13.3. The predicted molar refractivity (Wildman–Crippen MR) is 145 cm³/mol. The molecule has 1 aliphatic carbocycles. The number of imidazole rings is 2. The van der Waals surface area contributed by atoms with E-state index in [2.05, 4.69) is 33.6 Å². The molecule has 0 bridgehead atoms. The monoisotopic (exact) mass is 504 g/mol. The molecule has 0 unspecified atom stereocenters. The van der Waals surface area contributed by atoms with Crippen LogP contribution in [-0.4, -0.2) is 51.3 Å². The van der Waals surface area contributed by atoms with E-state index in [0.717, 1.165) is 22.3 Å². The first-order valence-corrected chi connectivity index (χ1v) is 12.4. The Kier molecular flexibility index (Phi) is 7.24. The van der Waals surface area contributed by atoms with Gasteiger partial charge in [-0.05, 0) is 61.1 Å². The molecular formula is C31H28N4O3. The Morgan fingerprint density at radius 2 is 1.16 bits per heavy atom. The van der Waals surface area contributed by atoms with E-state index in [0.29, 0.717) is 35.9 Å². The fourth-order valence-corrected chi connectivity index (χ4v) is 4.35. The van der Waals surface area contributed by atoms with Crippen LogP contribution in [0.3, 0.4) is 0 Å². The molecule has 2 heterocycles. The molecule has 0 fully saturated rings. The van der Waals surface area contributed by atoms with Crippen molar-refractivity contribution in [2.24, 2.45) is 0 Å². The van der Waals surface area contributed by atoms with Gasteiger partial charge in [0, 0.05) is 61.3 Å². The van der Waals surface area contributed by atoms with Crippen molar-refractivity contribution in [3.8, 4) is 34.8 Å². The molecule has 0 N–H and O–H groups in total. The largest absolute Gasteiger partial charge is 0.380 e. The molecule has 190 valence electrons. The van der Waals surface area contributed by atoms with Gasteiger partial charge in [-0.25, -0.2) is 9.97 Å². The molecule has 2 aromatic heterocycles. The predicted octanol–water partition coefficient (Wildman–Crippen LogP) is 4.16. The summed E-state index contributed by atoms with van der Waals surface area (Å²) in [7, 11) is 3.37. The first kappa shape index (κ1) is 25.2. The molecule has 38 heavy (non-hydrogen) atoms. The van der Waals surface area contributed by atoms with Gasteiger partial charge in [-0.3, -0.25) is 4.79 Å². The molecule has 0 saturated heterocycles. The summed E-state index contributed by atoms with van der Waals surface area (Å²) in [6.45, 7) is 5.32. The standard InChI is InChI=1S/C31H28N4O3/c1-21(37-3)19-34-15-13-32-29(34)11-7-23-5-9-25-26-10-6-24(18-28(26)31(36)27(25)17-23)8-12-30-33-14-16-35(30)20-22(2)38-4/h5-6,9-10,13-18,21-22H,19-20H2,1-4H3/t21-,22-/m1/s1. The van der Waals surface area contributed by atoms with Gasteiger partial charge in [-0.15, -0.1) is 0 Å². The highest BCUT2D eigenvalue weighted by Gasteiger charge is 2.26. The number of nitrogens with zero attached hydrogens (tertiary/aromatic N) is 4. The van der Waals surface area contributed by atoms with Crippen LogP contribution in [0.1, 0.15) is 52.5 Å². The number of ketones is 1. The van der Waals surface area contributed by atoms with E-state index in [9.17, 15) is 4.79 Å². The number of methoxy groups -OCH3 is 2. The summed E-state index contributed by atoms with van der Waals surface area (Å²) >= 11 is 0. The van der Waals surface area contributed by atoms with Gasteiger partial charge in [0.15, 0.2) is 17.4 Å². The second-order valence-corrected chi connectivity index (χ2v) is 9.25. The average molecular weight is 505 g/mol. The molecule has 0 spiro atoms. The summed E-state index contributed by atoms with van der Waals surface area (Å²) in [6.07, 6.45) is 7.33. The fraction of sp³-hybridized carbons (Fsp3) is 0.258. The summed E-state index contributed by atoms with van der Waals surface area (Å²) < 4.78 is 14.6. The van der Waals surface area contributed by atoms with Gasteiger partial charge in [0.25, 0.3) is 0 Å². The van der Waals surface area contributed by atoms with Crippen molar-refractivity contribution in [2.45, 2.75) is 39.1 Å². The Hall–Kier alpha value is -4.43. The molecule has 7 heteroatoms. The van der Waals surface area contributed by atoms with Crippen LogP contribution in [-0.2, 0) is 22.6 Å². The number of benzene rings is 2. The molecule has 7 nitrogen and oxygen atoms in total. The molecule has 0 saturated carbocycles. The highest BCUT2D eigenvalue weighted by molar-refractivity contribution is 6.22. The molecule has 1 aliphatic rings. The van der Waals surface area contributed by atoms with Crippen LogP contribution in [0, 0.1) is 23.7 Å². The lowest BCUT2D eigenvalue weighted by molar-refractivity contribution is 0.103. The second kappa shape index (κ2) is 10.9. The number of hydrogen-bond acceptors (Lipinski definition) is 5. The lowest BCUT2D eigenvalue weighted by atomic mass is 10.0. The van der Waals surface area contributed by atoms with Gasteiger partial charge >= 0.3 is 0 Å². The Balaban J connectivity index is 1.37. The van der Waals surface area contributed by atoms with E-state index in [-0.39, 0.29) is 18.0 Å². The number of ether oxygens (including phenoxy) is 2. The Bertz CT molecular complexity index is 1500. The summed E-state index contributed by atoms with van der Waals surface area (Å²) in [5.74, 6) is 13.9. The molecule has 0 radical (unpaired) electrons. The zero-order chi connectivity index (χ0) is 26.6. The summed E-state index contributed by atoms with van der Waals surface area (Å²) in [4.78, 5) is 22.0. The van der Waals surface area contributed by atoms with Gasteiger partial charge in [0.1, 0.15) is 0 Å². The Morgan fingerprint density at radius 1 is 0.711 bits per heavy atom. The lowest BCUT2D eigenvalue weighted by Crippen LogP contribution is -2.15. The molecule has 2 atom stereocenters. The van der Waals surface area contributed by atoms with Crippen LogP contribution in [0.15, 0.2) is 61.2 Å². The minimum absolute atomic E-state index is 0.0202. The fourth-order valence-electron chi connectivity index (χ4n) is 4.35. The second-order valence-electron chi connectivity index (χ2n) is 9.25. The van der Waals surface area contributed by atoms with Crippen molar-refractivity contribution in [3.05, 3.63) is 95.1 Å². The van der Waals surface area contributed by atoms with Crippen molar-refractivity contribution in [2.75, 3.05) is 14.2 Å². The topological polar surface area (TPSA) is 71.2 Å². The van der Waals surface area contributed by atoms with Crippen LogP contribution in [0.25, 0.3) is 11.1 Å². The number of fused-ring (bicyclic) bond motifs is 3. The highest BCUT2D eigenvalue weighted by atomic mass is 16.5. The molecule has 5 rings (SSSR count). The van der Waals surface area contributed by atoms with Crippen LogP contribution >= 0.6 is 0 Å². The maximum Gasteiger partial charge on any atom is 0.194 e. The smallest absolute Gasteiger partial charge is 0.194 e. The van der Waals surface area contributed by atoms with Gasteiger partial charge in [0.2, 0.25) is 0 Å². The third-order valence-corrected chi connectivity index (χ3v) is 6.60. The third kappa shape index (κ3) is 5.17. The van der Waals surface area contributed by atoms with Gasteiger partial charge in [-0.1, -0.05) is 24.0 Å². The number of carbonyl (C=O) groups is 1. The normalized spacial score (nSPS) is 13.1. The van der Waals surface area contributed by atoms with E-state index in [1.807, 2.05) is 71.8 Å². The molecule has 0 aliphatic heterocycles. The van der Waals surface area contributed by atoms with Crippen molar-refractivity contribution < 1.29 is 14.3 Å². The van der Waals surface area contributed by atoms with Gasteiger partial charge in [-0.2, -0.15) is 0 Å². The van der Waals surface area contributed by atoms with Crippen molar-refractivity contribution in [3.63, 3.8) is 0 Å². The molecule has 4 aromatic rings. The summed E-state index contributed by atoms with van der Waals surface area (Å²) in [5.41, 5.74) is 4.65. The van der Waals surface area contributed by atoms with Crippen LogP contribution in [0.2, 0.25) is 0 Å². The zero-order valence-corrected chi connectivity index (χ0v) is 21.9. The first-order valence-electron chi connectivity index (χ1n) is 12.4. The Labute approximate surface area is 222 Å². The minimum atomic E-state index is -0.0202. The van der Waals surface area contributed by atoms with E-state index in [4.69, 9.17) is 9.47 Å². The number of aromatic nitrogens is 4. The number of rotatable bonds is 6. The molecular weight excluding hydrogens is 476 g/mol. The Morgan fingerprint density at radius 3 is 1.58 bits per heavy atom. The highest BCUT2D eigenvalue weighted by Crippen LogP contribution is 2.37. The van der Waals surface area contributed by atoms with Crippen LogP contribution < -0.4 is 0 Å².